The zero-order chi connectivity index (χ0) is 10.5. The molecule has 1 saturated carbocycles. The highest BCUT2D eigenvalue weighted by molar-refractivity contribution is 7.99. The number of hydrogen-bond donors (Lipinski definition) is 1. The molecule has 2 aliphatic rings. The fourth-order valence-electron chi connectivity index (χ4n) is 3.03. The monoisotopic (exact) mass is 227 g/mol. The Morgan fingerprint density at radius 3 is 2.47 bits per heavy atom. The Hall–Kier alpha value is 0.310. The molecule has 0 radical (unpaired) electrons. The second kappa shape index (κ2) is 6.15. The van der Waals surface area contributed by atoms with E-state index in [2.05, 4.69) is 24.0 Å². The van der Waals surface area contributed by atoms with Gasteiger partial charge in [0.15, 0.2) is 0 Å². The van der Waals surface area contributed by atoms with Gasteiger partial charge in [0.05, 0.1) is 0 Å². The van der Waals surface area contributed by atoms with Crippen molar-refractivity contribution in [2.75, 3.05) is 11.5 Å². The minimum atomic E-state index is 0.836. The Kier molecular flexibility index (Phi) is 4.83. The molecular weight excluding hydrogens is 202 g/mol. The van der Waals surface area contributed by atoms with Crippen LogP contribution in [0.25, 0.3) is 0 Å². The van der Waals surface area contributed by atoms with Gasteiger partial charge in [-0.1, -0.05) is 19.8 Å². The first-order valence-electron chi connectivity index (χ1n) is 6.72. The average molecular weight is 227 g/mol. The maximum Gasteiger partial charge on any atom is 0.0168 e. The molecule has 2 heteroatoms. The van der Waals surface area contributed by atoms with Crippen LogP contribution in [0.15, 0.2) is 0 Å². The van der Waals surface area contributed by atoms with Crippen molar-refractivity contribution < 1.29 is 0 Å². The predicted molar refractivity (Wildman–Crippen MR) is 69.5 cm³/mol. The van der Waals surface area contributed by atoms with Crippen LogP contribution >= 0.6 is 11.8 Å². The third kappa shape index (κ3) is 3.67. The third-order valence-corrected chi connectivity index (χ3v) is 5.11. The fourth-order valence-corrected chi connectivity index (χ4v) is 4.19. The van der Waals surface area contributed by atoms with Gasteiger partial charge in [0.1, 0.15) is 0 Å². The molecule has 1 heterocycles. The lowest BCUT2D eigenvalue weighted by molar-refractivity contribution is 0.267. The standard InChI is InChI=1S/C13H25NS/c1-2-3-11-4-6-12(7-5-11)14-13-8-9-15-10-13/h11-14H,2-10H2,1H3. The van der Waals surface area contributed by atoms with E-state index in [0.29, 0.717) is 0 Å². The molecule has 0 aromatic heterocycles. The topological polar surface area (TPSA) is 12.0 Å². The summed E-state index contributed by atoms with van der Waals surface area (Å²) in [5, 5.41) is 3.86. The number of thioether (sulfide) groups is 1. The van der Waals surface area contributed by atoms with Crippen molar-refractivity contribution in [3.8, 4) is 0 Å². The summed E-state index contributed by atoms with van der Waals surface area (Å²) < 4.78 is 0. The summed E-state index contributed by atoms with van der Waals surface area (Å²) >= 11 is 2.12. The van der Waals surface area contributed by atoms with Crippen LogP contribution in [0.2, 0.25) is 0 Å². The molecule has 88 valence electrons. The van der Waals surface area contributed by atoms with Gasteiger partial charge in [0.2, 0.25) is 0 Å². The molecule has 1 nitrogen and oxygen atoms in total. The van der Waals surface area contributed by atoms with E-state index in [4.69, 9.17) is 0 Å². The van der Waals surface area contributed by atoms with Crippen LogP contribution in [0.1, 0.15) is 51.9 Å². The molecule has 1 aliphatic carbocycles. The van der Waals surface area contributed by atoms with Gasteiger partial charge in [0, 0.05) is 17.8 Å². The van der Waals surface area contributed by atoms with Crippen molar-refractivity contribution in [3.05, 3.63) is 0 Å². The Balaban J connectivity index is 1.64. The van der Waals surface area contributed by atoms with Gasteiger partial charge in [-0.2, -0.15) is 11.8 Å². The minimum absolute atomic E-state index is 0.836. The molecule has 0 spiro atoms. The maximum atomic E-state index is 3.86. The lowest BCUT2D eigenvalue weighted by Crippen LogP contribution is -2.40. The molecule has 1 atom stereocenters. The summed E-state index contributed by atoms with van der Waals surface area (Å²) in [6.45, 7) is 2.32. The summed E-state index contributed by atoms with van der Waals surface area (Å²) in [7, 11) is 0. The van der Waals surface area contributed by atoms with Crippen molar-refractivity contribution in [1.82, 2.24) is 5.32 Å². The molecule has 1 aliphatic heterocycles. The van der Waals surface area contributed by atoms with Crippen molar-refractivity contribution in [2.24, 2.45) is 5.92 Å². The van der Waals surface area contributed by atoms with Crippen molar-refractivity contribution in [3.63, 3.8) is 0 Å². The van der Waals surface area contributed by atoms with Crippen LogP contribution in [-0.2, 0) is 0 Å². The zero-order valence-corrected chi connectivity index (χ0v) is 10.8. The molecule has 2 rings (SSSR count). The van der Waals surface area contributed by atoms with Crippen LogP contribution in [0.3, 0.4) is 0 Å². The quantitative estimate of drug-likeness (QED) is 0.789. The number of nitrogens with one attached hydrogen (secondary N) is 1. The molecule has 0 amide bonds. The van der Waals surface area contributed by atoms with Gasteiger partial charge < -0.3 is 5.32 Å². The van der Waals surface area contributed by atoms with E-state index in [-0.39, 0.29) is 0 Å². The summed E-state index contributed by atoms with van der Waals surface area (Å²) in [5.41, 5.74) is 0. The lowest BCUT2D eigenvalue weighted by Gasteiger charge is -2.31. The normalized spacial score (nSPS) is 37.0. The van der Waals surface area contributed by atoms with Crippen molar-refractivity contribution in [1.29, 1.82) is 0 Å². The van der Waals surface area contributed by atoms with E-state index in [1.54, 1.807) is 0 Å². The Bertz CT molecular complexity index is 169. The van der Waals surface area contributed by atoms with E-state index in [1.165, 1.54) is 56.5 Å². The third-order valence-electron chi connectivity index (χ3n) is 3.94. The largest absolute Gasteiger partial charge is 0.310 e. The Morgan fingerprint density at radius 1 is 1.07 bits per heavy atom. The highest BCUT2D eigenvalue weighted by atomic mass is 32.2. The van der Waals surface area contributed by atoms with Crippen LogP contribution in [0.5, 0.6) is 0 Å². The summed E-state index contributed by atoms with van der Waals surface area (Å²) in [6.07, 6.45) is 10.1. The van der Waals surface area contributed by atoms with Crippen LogP contribution in [0.4, 0.5) is 0 Å². The molecular formula is C13H25NS. The lowest BCUT2D eigenvalue weighted by atomic mass is 9.83. The molecule has 0 aromatic rings. The van der Waals surface area contributed by atoms with Crippen molar-refractivity contribution >= 4 is 11.8 Å². The molecule has 2 fully saturated rings. The molecule has 1 saturated heterocycles. The smallest absolute Gasteiger partial charge is 0.0168 e. The summed E-state index contributed by atoms with van der Waals surface area (Å²) in [5.74, 6) is 3.78. The highest BCUT2D eigenvalue weighted by Gasteiger charge is 2.24. The Labute approximate surface area is 98.8 Å². The maximum absolute atomic E-state index is 3.86. The van der Waals surface area contributed by atoms with Gasteiger partial charge >= 0.3 is 0 Å². The van der Waals surface area contributed by atoms with Crippen LogP contribution in [0, 0.1) is 5.92 Å². The molecule has 0 aromatic carbocycles. The zero-order valence-electron chi connectivity index (χ0n) is 10.0. The van der Waals surface area contributed by atoms with E-state index >= 15 is 0 Å². The van der Waals surface area contributed by atoms with Crippen LogP contribution < -0.4 is 5.32 Å². The van der Waals surface area contributed by atoms with Gasteiger partial charge in [-0.15, -0.1) is 0 Å². The number of hydrogen-bond acceptors (Lipinski definition) is 2. The average Bonchev–Trinajstić information content (AvgIpc) is 2.74. The first kappa shape index (κ1) is 11.8. The Morgan fingerprint density at radius 2 is 1.87 bits per heavy atom. The molecule has 1 N–H and O–H groups in total. The van der Waals surface area contributed by atoms with E-state index < -0.39 is 0 Å². The van der Waals surface area contributed by atoms with E-state index in [9.17, 15) is 0 Å². The fraction of sp³-hybridized carbons (Fsp3) is 1.00. The van der Waals surface area contributed by atoms with Gasteiger partial charge in [-0.3, -0.25) is 0 Å². The van der Waals surface area contributed by atoms with Crippen LogP contribution in [-0.4, -0.2) is 23.6 Å². The molecule has 1 unspecified atom stereocenters. The number of rotatable bonds is 4. The first-order valence-corrected chi connectivity index (χ1v) is 7.87. The second-order valence-electron chi connectivity index (χ2n) is 5.23. The first-order chi connectivity index (χ1) is 7.38. The van der Waals surface area contributed by atoms with Gasteiger partial charge in [-0.25, -0.2) is 0 Å². The summed E-state index contributed by atoms with van der Waals surface area (Å²) in [6, 6.07) is 1.68. The van der Waals surface area contributed by atoms with E-state index in [0.717, 1.165) is 18.0 Å². The minimum Gasteiger partial charge on any atom is -0.310 e. The predicted octanol–water partition coefficient (Wildman–Crippen LogP) is 3.44. The van der Waals surface area contributed by atoms with Crippen molar-refractivity contribution in [2.45, 2.75) is 64.0 Å². The van der Waals surface area contributed by atoms with Gasteiger partial charge in [-0.05, 0) is 43.8 Å². The SMILES string of the molecule is CCCC1CCC(NC2CCSC2)CC1. The van der Waals surface area contributed by atoms with Gasteiger partial charge in [0.25, 0.3) is 0 Å². The second-order valence-corrected chi connectivity index (χ2v) is 6.38. The highest BCUT2D eigenvalue weighted by Crippen LogP contribution is 2.29. The molecule has 0 bridgehead atoms. The molecule has 15 heavy (non-hydrogen) atoms. The van der Waals surface area contributed by atoms with E-state index in [1.807, 2.05) is 0 Å². The summed E-state index contributed by atoms with van der Waals surface area (Å²) in [4.78, 5) is 0.